The number of alkyl halides is 17. The van der Waals surface area contributed by atoms with Gasteiger partial charge in [0, 0.05) is 0 Å². The highest BCUT2D eigenvalue weighted by Gasteiger charge is 2.95. The monoisotopic (exact) mass is 688 g/mol. The van der Waals surface area contributed by atoms with Crippen LogP contribution in [0.15, 0.2) is 0 Å². The van der Waals surface area contributed by atoms with Crippen LogP contribution in [-0.2, 0) is 9.53 Å². The molecule has 0 aromatic heterocycles. The summed E-state index contributed by atoms with van der Waals surface area (Å²) in [6.45, 7) is 0.901. The molecule has 0 rings (SSSR count). The summed E-state index contributed by atoms with van der Waals surface area (Å²) in [7, 11) is 0. The molecule has 0 saturated heterocycles. The highest BCUT2D eigenvalue weighted by Crippen LogP contribution is 2.64. The lowest BCUT2D eigenvalue weighted by atomic mass is 9.89. The zero-order valence-corrected chi connectivity index (χ0v) is 23.3. The van der Waals surface area contributed by atoms with Gasteiger partial charge in [-0.05, 0) is 6.42 Å². The van der Waals surface area contributed by atoms with Gasteiger partial charge in [-0.15, -0.1) is 0 Å². The van der Waals surface area contributed by atoms with Gasteiger partial charge < -0.3 is 4.74 Å². The molecule has 19 heteroatoms. The number of carbonyl (C=O) groups excluding carboxylic acids is 1. The maximum atomic E-state index is 13.8. The molecular weight excluding hydrogens is 655 g/mol. The van der Waals surface area contributed by atoms with Crippen molar-refractivity contribution in [2.24, 2.45) is 0 Å². The first-order chi connectivity index (χ1) is 19.7. The number of carbonyl (C=O) groups is 1. The molecule has 0 aliphatic rings. The van der Waals surface area contributed by atoms with E-state index in [1.165, 1.54) is 12.8 Å². The molecule has 0 amide bonds. The van der Waals surface area contributed by atoms with E-state index in [4.69, 9.17) is 0 Å². The summed E-state index contributed by atoms with van der Waals surface area (Å²) in [5.74, 6) is -61.7. The maximum absolute atomic E-state index is 13.8. The Morgan fingerprint density at radius 2 is 0.682 bits per heavy atom. The molecule has 0 saturated carbocycles. The van der Waals surface area contributed by atoms with Gasteiger partial charge in [-0.25, -0.2) is 4.79 Å². The topological polar surface area (TPSA) is 26.3 Å². The molecule has 0 spiro atoms. The van der Waals surface area contributed by atoms with Gasteiger partial charge in [0.1, 0.15) is 0 Å². The standard InChI is InChI=1S/C25H33F17O2/c1-2-3-4-5-6-7-8-9-10-11-12-13-14-15-16-44-17(43)18(26,27)19(28,29)20(30,31)21(32,33)22(34,35)23(36,37)24(38,39)25(40,41)42/h2-16H2,1H3. The van der Waals surface area contributed by atoms with Crippen molar-refractivity contribution in [3.8, 4) is 0 Å². The van der Waals surface area contributed by atoms with E-state index in [0.29, 0.717) is 12.8 Å². The number of hydrogen-bond donors (Lipinski definition) is 0. The summed E-state index contributed by atoms with van der Waals surface area (Å²) in [6.07, 6.45) is 3.35. The summed E-state index contributed by atoms with van der Waals surface area (Å²) in [6, 6.07) is 0. The van der Waals surface area contributed by atoms with Crippen molar-refractivity contribution in [1.82, 2.24) is 0 Å². The Morgan fingerprint density at radius 3 is 1.00 bits per heavy atom. The fourth-order valence-corrected chi connectivity index (χ4v) is 3.84. The molecule has 0 unspecified atom stereocenters. The molecule has 0 aliphatic heterocycles. The Bertz CT molecular complexity index is 869. The molecule has 0 fully saturated rings. The first kappa shape index (κ1) is 42.3. The number of rotatable bonds is 22. The van der Waals surface area contributed by atoms with Crippen molar-refractivity contribution in [3.05, 3.63) is 0 Å². The number of unbranched alkanes of at least 4 members (excludes halogenated alkanes) is 13. The van der Waals surface area contributed by atoms with Crippen LogP contribution in [0.25, 0.3) is 0 Å². The third-order valence-electron chi connectivity index (χ3n) is 6.71. The first-order valence-electron chi connectivity index (χ1n) is 13.6. The Balaban J connectivity index is 5.11. The molecule has 0 atom stereocenters. The van der Waals surface area contributed by atoms with Crippen molar-refractivity contribution in [2.45, 2.75) is 144 Å². The van der Waals surface area contributed by atoms with Crippen molar-refractivity contribution in [2.75, 3.05) is 6.61 Å². The number of esters is 1. The minimum atomic E-state index is -8.74. The van der Waals surface area contributed by atoms with E-state index in [1.807, 2.05) is 0 Å². The molecule has 0 bridgehead atoms. The minimum absolute atomic E-state index is 0.107. The van der Waals surface area contributed by atoms with Gasteiger partial charge in [-0.2, -0.15) is 74.6 Å². The fourth-order valence-electron chi connectivity index (χ4n) is 3.84. The molecule has 0 aliphatic carbocycles. The van der Waals surface area contributed by atoms with Crippen LogP contribution in [0, 0.1) is 0 Å². The summed E-state index contributed by atoms with van der Waals surface area (Å²) in [5, 5.41) is 0. The van der Waals surface area contributed by atoms with Gasteiger partial charge in [0.25, 0.3) is 0 Å². The smallest absolute Gasteiger partial charge is 0.460 e. The average molecular weight is 689 g/mol. The van der Waals surface area contributed by atoms with Crippen LogP contribution in [0.3, 0.4) is 0 Å². The molecule has 44 heavy (non-hydrogen) atoms. The third-order valence-corrected chi connectivity index (χ3v) is 6.71. The number of hydrogen-bond acceptors (Lipinski definition) is 2. The van der Waals surface area contributed by atoms with Crippen LogP contribution in [0.4, 0.5) is 74.6 Å². The summed E-state index contributed by atoms with van der Waals surface area (Å²) >= 11 is 0. The summed E-state index contributed by atoms with van der Waals surface area (Å²) < 4.78 is 229. The van der Waals surface area contributed by atoms with E-state index in [9.17, 15) is 79.4 Å². The zero-order chi connectivity index (χ0) is 34.9. The molecule has 0 aromatic rings. The first-order valence-corrected chi connectivity index (χ1v) is 13.6. The van der Waals surface area contributed by atoms with Crippen LogP contribution < -0.4 is 0 Å². The van der Waals surface area contributed by atoms with E-state index in [2.05, 4.69) is 11.7 Å². The largest absolute Gasteiger partial charge is 0.461 e. The molecule has 2 nitrogen and oxygen atoms in total. The quantitative estimate of drug-likeness (QED) is 0.0643. The van der Waals surface area contributed by atoms with Crippen LogP contribution in [0.5, 0.6) is 0 Å². The van der Waals surface area contributed by atoms with Crippen LogP contribution in [0.2, 0.25) is 0 Å². The minimum Gasteiger partial charge on any atom is -0.461 e. The second kappa shape index (κ2) is 15.7. The zero-order valence-electron chi connectivity index (χ0n) is 23.3. The SMILES string of the molecule is CCCCCCCCCCCCCCCCOC(=O)C(F)(F)C(F)(F)C(F)(F)C(F)(F)C(F)(F)C(F)(F)C(F)(F)C(F)(F)F. The van der Waals surface area contributed by atoms with E-state index in [1.54, 1.807) is 0 Å². The molecule has 0 N–H and O–H groups in total. The van der Waals surface area contributed by atoms with E-state index >= 15 is 0 Å². The van der Waals surface area contributed by atoms with E-state index < -0.39 is 60.2 Å². The van der Waals surface area contributed by atoms with Crippen molar-refractivity contribution < 1.29 is 84.2 Å². The van der Waals surface area contributed by atoms with Gasteiger partial charge in [-0.3, -0.25) is 0 Å². The second-order valence-corrected chi connectivity index (χ2v) is 10.3. The predicted molar refractivity (Wildman–Crippen MR) is 122 cm³/mol. The third kappa shape index (κ3) is 8.75. The number of halogens is 17. The van der Waals surface area contributed by atoms with Gasteiger partial charge >= 0.3 is 53.6 Å². The normalized spacial score (nSPS) is 14.7. The summed E-state index contributed by atoms with van der Waals surface area (Å²) in [4.78, 5) is 11.3. The lowest BCUT2D eigenvalue weighted by Crippen LogP contribution is -2.75. The van der Waals surface area contributed by atoms with Crippen molar-refractivity contribution >= 4 is 5.97 Å². The van der Waals surface area contributed by atoms with Gasteiger partial charge in [-0.1, -0.05) is 90.4 Å². The van der Waals surface area contributed by atoms with E-state index in [0.717, 1.165) is 51.4 Å². The van der Waals surface area contributed by atoms with Crippen LogP contribution in [-0.4, -0.2) is 60.2 Å². The predicted octanol–water partition coefficient (Wildman–Crippen LogP) is 11.0. The second-order valence-electron chi connectivity index (χ2n) is 10.3. The Kier molecular flexibility index (Phi) is 15.1. The Hall–Kier alpha value is -1.72. The van der Waals surface area contributed by atoms with Gasteiger partial charge in [0.05, 0.1) is 6.61 Å². The Labute approximate surface area is 242 Å². The molecule has 0 heterocycles. The molecule has 0 aromatic carbocycles. The van der Waals surface area contributed by atoms with Crippen LogP contribution >= 0.6 is 0 Å². The highest BCUT2D eigenvalue weighted by molar-refractivity contribution is 5.79. The Morgan fingerprint density at radius 1 is 0.409 bits per heavy atom. The van der Waals surface area contributed by atoms with Crippen molar-refractivity contribution in [3.63, 3.8) is 0 Å². The lowest BCUT2D eigenvalue weighted by Gasteiger charge is -2.42. The maximum Gasteiger partial charge on any atom is 0.460 e. The van der Waals surface area contributed by atoms with Gasteiger partial charge in [0.15, 0.2) is 0 Å². The summed E-state index contributed by atoms with van der Waals surface area (Å²) in [5.41, 5.74) is 0. The number of ether oxygens (including phenoxy) is 1. The fraction of sp³-hybridized carbons (Fsp3) is 0.960. The molecule has 0 radical (unpaired) electrons. The highest BCUT2D eigenvalue weighted by atomic mass is 19.4. The average Bonchev–Trinajstić information content (AvgIpc) is 2.89. The molecule has 264 valence electrons. The van der Waals surface area contributed by atoms with Crippen molar-refractivity contribution in [1.29, 1.82) is 0 Å². The van der Waals surface area contributed by atoms with E-state index in [-0.39, 0.29) is 12.8 Å². The molecular formula is C25H33F17O2. The van der Waals surface area contributed by atoms with Gasteiger partial charge in [0.2, 0.25) is 0 Å². The lowest BCUT2D eigenvalue weighted by molar-refractivity contribution is -0.460. The van der Waals surface area contributed by atoms with Crippen LogP contribution in [0.1, 0.15) is 96.8 Å².